The lowest BCUT2D eigenvalue weighted by Gasteiger charge is -2.16. The number of hydrogen-bond donors (Lipinski definition) is 0. The first-order valence-corrected chi connectivity index (χ1v) is 24.7. The normalized spacial score (nSPS) is 11.5. The zero-order valence-electron chi connectivity index (χ0n) is 39.8. The highest BCUT2D eigenvalue weighted by molar-refractivity contribution is 6.12. The van der Waals surface area contributed by atoms with Crippen LogP contribution < -0.4 is 0 Å². The van der Waals surface area contributed by atoms with Crippen LogP contribution in [0.25, 0.3) is 134 Å². The van der Waals surface area contributed by atoms with Crippen LogP contribution in [0.1, 0.15) is 0 Å². The maximum absolute atomic E-state index is 5.35. The smallest absolute Gasteiger partial charge is 0.166 e. The fourth-order valence-corrected chi connectivity index (χ4v) is 10.3. The summed E-state index contributed by atoms with van der Waals surface area (Å²) in [6.45, 7) is 0. The van der Waals surface area contributed by atoms with Gasteiger partial charge in [-0.05, 0) is 77.9 Å². The van der Waals surface area contributed by atoms with Crippen molar-refractivity contribution in [1.82, 2.24) is 39.0 Å². The van der Waals surface area contributed by atoms with Crippen molar-refractivity contribution in [2.45, 2.75) is 0 Å². The van der Waals surface area contributed by atoms with E-state index in [4.69, 9.17) is 29.9 Å². The Bertz CT molecular complexity index is 4290. The van der Waals surface area contributed by atoms with Crippen molar-refractivity contribution in [2.75, 3.05) is 0 Å². The van der Waals surface area contributed by atoms with Gasteiger partial charge in [-0.25, -0.2) is 29.9 Å². The van der Waals surface area contributed by atoms with Crippen LogP contribution in [0.15, 0.2) is 255 Å². The van der Waals surface area contributed by atoms with Gasteiger partial charge in [0.1, 0.15) is 0 Å². The number of benzene rings is 10. The molecule has 14 aromatic rings. The SMILES string of the molecule is c1ccc(-c2nc(-c3ccccc3)nc(-c3ccc4c(c3)c3ccccc3n4-c3ccc(-c4ccc5c(c4)c4ccccc4n5-c4ccccc4)cc3-c3nc(-c4ccccc4)nc(-c4ccccc4)n3)n2)cc1. The summed E-state index contributed by atoms with van der Waals surface area (Å²) >= 11 is 0. The van der Waals surface area contributed by atoms with E-state index < -0.39 is 0 Å². The van der Waals surface area contributed by atoms with Crippen LogP contribution in [0.2, 0.25) is 0 Å². The molecule has 0 radical (unpaired) electrons. The highest BCUT2D eigenvalue weighted by Crippen LogP contribution is 2.41. The number of para-hydroxylation sites is 3. The molecule has 0 aliphatic rings. The number of fused-ring (bicyclic) bond motifs is 6. The molecule has 0 bridgehead atoms. The first-order valence-electron chi connectivity index (χ1n) is 24.7. The number of aromatic nitrogens is 8. The Kier molecular flexibility index (Phi) is 10.3. The molecular formula is C66H42N8. The van der Waals surface area contributed by atoms with Crippen molar-refractivity contribution in [2.24, 2.45) is 0 Å². The molecule has 0 aliphatic carbocycles. The van der Waals surface area contributed by atoms with Gasteiger partial charge in [0.15, 0.2) is 34.9 Å². The Labute approximate surface area is 426 Å². The molecule has 0 fully saturated rings. The van der Waals surface area contributed by atoms with Crippen LogP contribution in [-0.4, -0.2) is 39.0 Å². The Morgan fingerprint density at radius 3 is 1.05 bits per heavy atom. The summed E-state index contributed by atoms with van der Waals surface area (Å²) in [5.41, 5.74) is 13.9. The van der Waals surface area contributed by atoms with E-state index in [0.29, 0.717) is 34.9 Å². The van der Waals surface area contributed by atoms with Gasteiger partial charge < -0.3 is 9.13 Å². The molecule has 346 valence electrons. The summed E-state index contributed by atoms with van der Waals surface area (Å²) in [7, 11) is 0. The zero-order chi connectivity index (χ0) is 49.0. The first-order chi connectivity index (χ1) is 36.7. The molecule has 0 unspecified atom stereocenters. The van der Waals surface area contributed by atoms with Gasteiger partial charge in [0.25, 0.3) is 0 Å². The molecule has 74 heavy (non-hydrogen) atoms. The standard InChI is InChI=1S/C66H42N8/c1-6-20-43(21-7-1)61-67-62(44-22-8-2-9-23-44)70-65(69-61)49-36-39-59-54(42-49)52-31-17-19-33-57(52)74(59)60-38-35-48(47-34-37-58-53(40-47)51-30-16-18-32-56(51)73(58)50-28-14-5-15-29-50)41-55(60)66-71-63(45-24-10-3-11-25-45)68-64(72-66)46-26-12-4-13-27-46/h1-42H. The molecule has 14 rings (SSSR count). The average Bonchev–Trinajstić information content (AvgIpc) is 4.00. The molecule has 8 nitrogen and oxygen atoms in total. The monoisotopic (exact) mass is 946 g/mol. The minimum atomic E-state index is 0.561. The lowest BCUT2D eigenvalue weighted by atomic mass is 9.99. The fraction of sp³-hybridized carbons (Fsp3) is 0. The van der Waals surface area contributed by atoms with Crippen LogP contribution >= 0.6 is 0 Å². The summed E-state index contributed by atoms with van der Waals surface area (Å²) in [5.74, 6) is 3.57. The van der Waals surface area contributed by atoms with E-state index in [-0.39, 0.29) is 0 Å². The van der Waals surface area contributed by atoms with Gasteiger partial charge in [0.05, 0.1) is 27.8 Å². The minimum Gasteiger partial charge on any atom is -0.309 e. The van der Waals surface area contributed by atoms with Gasteiger partial charge >= 0.3 is 0 Å². The summed E-state index contributed by atoms with van der Waals surface area (Å²) in [5, 5.41) is 4.51. The van der Waals surface area contributed by atoms with Crippen molar-refractivity contribution >= 4 is 43.6 Å². The predicted molar refractivity (Wildman–Crippen MR) is 300 cm³/mol. The molecular weight excluding hydrogens is 905 g/mol. The Balaban J connectivity index is 0.997. The third kappa shape index (κ3) is 7.48. The van der Waals surface area contributed by atoms with E-state index in [0.717, 1.165) is 88.7 Å². The molecule has 4 heterocycles. The molecule has 4 aromatic heterocycles. The molecule has 0 saturated heterocycles. The van der Waals surface area contributed by atoms with Crippen LogP contribution in [0.3, 0.4) is 0 Å². The largest absolute Gasteiger partial charge is 0.309 e. The van der Waals surface area contributed by atoms with Crippen LogP contribution in [0, 0.1) is 0 Å². The summed E-state index contributed by atoms with van der Waals surface area (Å²) in [6, 6.07) is 88.3. The van der Waals surface area contributed by atoms with Gasteiger partial charge in [-0.1, -0.05) is 188 Å². The molecule has 0 spiro atoms. The quantitative estimate of drug-likeness (QED) is 0.143. The molecule has 8 heteroatoms. The summed E-state index contributed by atoms with van der Waals surface area (Å²) in [6.07, 6.45) is 0. The molecule has 0 saturated carbocycles. The lowest BCUT2D eigenvalue weighted by Crippen LogP contribution is -2.04. The maximum Gasteiger partial charge on any atom is 0.166 e. The second-order valence-corrected chi connectivity index (χ2v) is 18.3. The third-order valence-electron chi connectivity index (χ3n) is 13.8. The van der Waals surface area contributed by atoms with Crippen LogP contribution in [0.5, 0.6) is 0 Å². The topological polar surface area (TPSA) is 87.2 Å². The summed E-state index contributed by atoms with van der Waals surface area (Å²) < 4.78 is 4.69. The van der Waals surface area contributed by atoms with Gasteiger partial charge in [-0.15, -0.1) is 0 Å². The van der Waals surface area contributed by atoms with E-state index in [1.54, 1.807) is 0 Å². The van der Waals surface area contributed by atoms with Crippen LogP contribution in [-0.2, 0) is 0 Å². The third-order valence-corrected chi connectivity index (χ3v) is 13.8. The van der Waals surface area contributed by atoms with E-state index in [1.165, 1.54) is 10.8 Å². The Morgan fingerprint density at radius 2 is 0.554 bits per heavy atom. The second-order valence-electron chi connectivity index (χ2n) is 18.3. The Morgan fingerprint density at radius 1 is 0.216 bits per heavy atom. The number of rotatable bonds is 9. The highest BCUT2D eigenvalue weighted by Gasteiger charge is 2.22. The van der Waals surface area contributed by atoms with E-state index >= 15 is 0 Å². The van der Waals surface area contributed by atoms with E-state index in [2.05, 4.69) is 167 Å². The van der Waals surface area contributed by atoms with Crippen molar-refractivity contribution in [3.63, 3.8) is 0 Å². The summed E-state index contributed by atoms with van der Waals surface area (Å²) in [4.78, 5) is 31.0. The molecule has 0 aliphatic heterocycles. The van der Waals surface area contributed by atoms with Gasteiger partial charge in [0, 0.05) is 60.6 Å². The highest BCUT2D eigenvalue weighted by atomic mass is 15.1. The molecule has 0 amide bonds. The van der Waals surface area contributed by atoms with Crippen molar-refractivity contribution < 1.29 is 0 Å². The first kappa shape index (κ1) is 42.7. The van der Waals surface area contributed by atoms with E-state index in [1.807, 2.05) is 97.1 Å². The van der Waals surface area contributed by atoms with Crippen molar-refractivity contribution in [1.29, 1.82) is 0 Å². The zero-order valence-corrected chi connectivity index (χ0v) is 39.8. The maximum atomic E-state index is 5.35. The van der Waals surface area contributed by atoms with Gasteiger partial charge in [0.2, 0.25) is 0 Å². The van der Waals surface area contributed by atoms with E-state index in [9.17, 15) is 0 Å². The number of hydrogen-bond acceptors (Lipinski definition) is 6. The van der Waals surface area contributed by atoms with Crippen molar-refractivity contribution in [3.05, 3.63) is 255 Å². The van der Waals surface area contributed by atoms with Gasteiger partial charge in [-0.3, -0.25) is 0 Å². The predicted octanol–water partition coefficient (Wildman–Crippen LogP) is 15.9. The average molecular weight is 947 g/mol. The molecule has 0 atom stereocenters. The Hall–Kier alpha value is -10.2. The molecule has 10 aromatic carbocycles. The molecule has 0 N–H and O–H groups in total. The lowest BCUT2D eigenvalue weighted by molar-refractivity contribution is 1.06. The van der Waals surface area contributed by atoms with Crippen molar-refractivity contribution in [3.8, 4) is 90.8 Å². The van der Waals surface area contributed by atoms with Gasteiger partial charge in [-0.2, -0.15) is 0 Å². The fourth-order valence-electron chi connectivity index (χ4n) is 10.3. The second kappa shape index (κ2) is 17.9. The van der Waals surface area contributed by atoms with Crippen LogP contribution in [0.4, 0.5) is 0 Å². The number of nitrogens with zero attached hydrogens (tertiary/aromatic N) is 8. The minimum absolute atomic E-state index is 0.561.